The third kappa shape index (κ3) is 4.06. The molecule has 0 saturated carbocycles. The molecule has 1 aliphatic rings. The molecule has 1 fully saturated rings. The van der Waals surface area contributed by atoms with Gasteiger partial charge < -0.3 is 9.15 Å². The second-order valence-corrected chi connectivity index (χ2v) is 6.03. The molecule has 122 valence electrons. The summed E-state index contributed by atoms with van der Waals surface area (Å²) in [5.41, 5.74) is 1.21. The number of rotatable bonds is 5. The number of morpholine rings is 1. The Morgan fingerprint density at radius 2 is 2.09 bits per heavy atom. The standard InChI is InChI=1S/C18H23N3O2/c1-14(2)17-19-20-18(23-17)16-13-22-12-11-21(16)10-6-9-15-7-4-3-5-8-15/h3-9,14,16H,10-13H2,1-2H3/b9-6+. The van der Waals surface area contributed by atoms with Crippen molar-refractivity contribution >= 4 is 6.08 Å². The molecule has 1 aromatic carbocycles. The van der Waals surface area contributed by atoms with Gasteiger partial charge >= 0.3 is 0 Å². The molecule has 0 aliphatic carbocycles. The maximum atomic E-state index is 5.81. The van der Waals surface area contributed by atoms with Crippen LogP contribution in [0.3, 0.4) is 0 Å². The van der Waals surface area contributed by atoms with Gasteiger partial charge in [0.1, 0.15) is 6.04 Å². The second-order valence-electron chi connectivity index (χ2n) is 6.03. The molecule has 5 heteroatoms. The van der Waals surface area contributed by atoms with E-state index in [4.69, 9.17) is 9.15 Å². The van der Waals surface area contributed by atoms with Crippen molar-refractivity contribution in [2.45, 2.75) is 25.8 Å². The molecule has 0 amide bonds. The van der Waals surface area contributed by atoms with Crippen LogP contribution in [0.1, 0.15) is 43.2 Å². The highest BCUT2D eigenvalue weighted by Gasteiger charge is 2.28. The third-order valence-electron chi connectivity index (χ3n) is 3.92. The van der Waals surface area contributed by atoms with Crippen LogP contribution >= 0.6 is 0 Å². The van der Waals surface area contributed by atoms with Gasteiger partial charge in [-0.25, -0.2) is 0 Å². The van der Waals surface area contributed by atoms with Gasteiger partial charge in [-0.3, -0.25) is 4.90 Å². The van der Waals surface area contributed by atoms with E-state index in [2.05, 4.69) is 53.2 Å². The highest BCUT2D eigenvalue weighted by Crippen LogP contribution is 2.24. The van der Waals surface area contributed by atoms with Crippen molar-refractivity contribution in [3.63, 3.8) is 0 Å². The molecule has 1 saturated heterocycles. The molecule has 1 unspecified atom stereocenters. The Balaban J connectivity index is 1.67. The van der Waals surface area contributed by atoms with Crippen LogP contribution in [0.2, 0.25) is 0 Å². The molecule has 3 rings (SSSR count). The molecule has 0 bridgehead atoms. The first-order chi connectivity index (χ1) is 11.2. The predicted octanol–water partition coefficient (Wildman–Crippen LogP) is 3.28. The van der Waals surface area contributed by atoms with Gasteiger partial charge in [-0.15, -0.1) is 10.2 Å². The maximum Gasteiger partial charge on any atom is 0.236 e. The lowest BCUT2D eigenvalue weighted by Gasteiger charge is -2.32. The summed E-state index contributed by atoms with van der Waals surface area (Å²) in [6.45, 7) is 7.13. The van der Waals surface area contributed by atoms with Gasteiger partial charge in [-0.2, -0.15) is 0 Å². The van der Waals surface area contributed by atoms with Gasteiger partial charge in [0.2, 0.25) is 11.8 Å². The van der Waals surface area contributed by atoms with E-state index in [0.29, 0.717) is 18.4 Å². The van der Waals surface area contributed by atoms with Crippen LogP contribution in [0, 0.1) is 0 Å². The number of ether oxygens (including phenoxy) is 1. The van der Waals surface area contributed by atoms with Crippen molar-refractivity contribution in [2.75, 3.05) is 26.3 Å². The first-order valence-electron chi connectivity index (χ1n) is 8.10. The monoisotopic (exact) mass is 313 g/mol. The average molecular weight is 313 g/mol. The Morgan fingerprint density at radius 1 is 1.26 bits per heavy atom. The fraction of sp³-hybridized carbons (Fsp3) is 0.444. The Morgan fingerprint density at radius 3 is 2.83 bits per heavy atom. The summed E-state index contributed by atoms with van der Waals surface area (Å²) >= 11 is 0. The summed E-state index contributed by atoms with van der Waals surface area (Å²) in [4.78, 5) is 2.32. The molecule has 5 nitrogen and oxygen atoms in total. The van der Waals surface area contributed by atoms with Crippen LogP contribution in [0.15, 0.2) is 40.8 Å². The minimum absolute atomic E-state index is 0.0316. The number of hydrogen-bond donors (Lipinski definition) is 0. The van der Waals surface area contributed by atoms with Crippen LogP contribution < -0.4 is 0 Å². The summed E-state index contributed by atoms with van der Waals surface area (Å²) < 4.78 is 11.4. The van der Waals surface area contributed by atoms with E-state index in [0.717, 1.165) is 19.7 Å². The van der Waals surface area contributed by atoms with E-state index in [1.807, 2.05) is 18.2 Å². The van der Waals surface area contributed by atoms with E-state index >= 15 is 0 Å². The van der Waals surface area contributed by atoms with Gasteiger partial charge in [-0.1, -0.05) is 56.3 Å². The van der Waals surface area contributed by atoms with Crippen LogP contribution in [0.25, 0.3) is 6.08 Å². The lowest BCUT2D eigenvalue weighted by molar-refractivity contribution is -0.0127. The van der Waals surface area contributed by atoms with Crippen molar-refractivity contribution in [1.82, 2.24) is 15.1 Å². The number of nitrogens with zero attached hydrogens (tertiary/aromatic N) is 3. The Labute approximate surface area is 137 Å². The highest BCUT2D eigenvalue weighted by molar-refractivity contribution is 5.48. The van der Waals surface area contributed by atoms with E-state index in [9.17, 15) is 0 Å². The van der Waals surface area contributed by atoms with Crippen molar-refractivity contribution in [3.8, 4) is 0 Å². The molecule has 0 spiro atoms. The minimum atomic E-state index is 0.0316. The molecule has 23 heavy (non-hydrogen) atoms. The van der Waals surface area contributed by atoms with Crippen molar-refractivity contribution in [1.29, 1.82) is 0 Å². The first kappa shape index (κ1) is 15.9. The van der Waals surface area contributed by atoms with Crippen molar-refractivity contribution in [2.24, 2.45) is 0 Å². The van der Waals surface area contributed by atoms with E-state index < -0.39 is 0 Å². The summed E-state index contributed by atoms with van der Waals surface area (Å²) in [6.07, 6.45) is 4.31. The summed E-state index contributed by atoms with van der Waals surface area (Å²) in [6, 6.07) is 10.3. The summed E-state index contributed by atoms with van der Waals surface area (Å²) in [5, 5.41) is 8.35. The Hall–Kier alpha value is -1.98. The highest BCUT2D eigenvalue weighted by atomic mass is 16.5. The molecular weight excluding hydrogens is 290 g/mol. The molecule has 0 radical (unpaired) electrons. The smallest absolute Gasteiger partial charge is 0.236 e. The largest absolute Gasteiger partial charge is 0.423 e. The second kappa shape index (κ2) is 7.53. The zero-order chi connectivity index (χ0) is 16.1. The molecule has 1 aliphatic heterocycles. The zero-order valence-corrected chi connectivity index (χ0v) is 13.7. The molecular formula is C18H23N3O2. The van der Waals surface area contributed by atoms with Crippen LogP contribution in [0.4, 0.5) is 0 Å². The SMILES string of the molecule is CC(C)c1nnc(C2COCCN2C/C=C/c2ccccc2)o1. The van der Waals surface area contributed by atoms with Crippen LogP contribution in [0.5, 0.6) is 0 Å². The van der Waals surface area contributed by atoms with E-state index in [-0.39, 0.29) is 12.0 Å². The zero-order valence-electron chi connectivity index (χ0n) is 13.7. The van der Waals surface area contributed by atoms with Gasteiger partial charge in [0, 0.05) is 19.0 Å². The molecule has 2 aromatic rings. The van der Waals surface area contributed by atoms with Gasteiger partial charge in [0.05, 0.1) is 13.2 Å². The van der Waals surface area contributed by atoms with Crippen molar-refractivity contribution < 1.29 is 9.15 Å². The fourth-order valence-corrected chi connectivity index (χ4v) is 2.59. The summed E-state index contributed by atoms with van der Waals surface area (Å²) in [7, 11) is 0. The molecule has 2 heterocycles. The quantitative estimate of drug-likeness (QED) is 0.848. The van der Waals surface area contributed by atoms with Gasteiger partial charge in [0.15, 0.2) is 0 Å². The normalized spacial score (nSPS) is 19.7. The van der Waals surface area contributed by atoms with Gasteiger partial charge in [-0.05, 0) is 5.56 Å². The number of hydrogen-bond acceptors (Lipinski definition) is 5. The lowest BCUT2D eigenvalue weighted by Crippen LogP contribution is -2.39. The Bertz CT molecular complexity index is 637. The molecule has 0 N–H and O–H groups in total. The fourth-order valence-electron chi connectivity index (χ4n) is 2.59. The average Bonchev–Trinajstić information content (AvgIpc) is 3.06. The number of benzene rings is 1. The maximum absolute atomic E-state index is 5.81. The minimum Gasteiger partial charge on any atom is -0.423 e. The van der Waals surface area contributed by atoms with E-state index in [1.165, 1.54) is 5.56 Å². The van der Waals surface area contributed by atoms with Crippen LogP contribution in [-0.4, -0.2) is 41.4 Å². The topological polar surface area (TPSA) is 51.4 Å². The Kier molecular flexibility index (Phi) is 5.20. The van der Waals surface area contributed by atoms with Crippen molar-refractivity contribution in [3.05, 3.63) is 53.8 Å². The molecule has 1 aromatic heterocycles. The predicted molar refractivity (Wildman–Crippen MR) is 89.0 cm³/mol. The van der Waals surface area contributed by atoms with Crippen LogP contribution in [-0.2, 0) is 4.74 Å². The van der Waals surface area contributed by atoms with E-state index in [1.54, 1.807) is 0 Å². The first-order valence-corrected chi connectivity index (χ1v) is 8.10. The van der Waals surface area contributed by atoms with Gasteiger partial charge in [0.25, 0.3) is 0 Å². The number of aromatic nitrogens is 2. The lowest BCUT2D eigenvalue weighted by atomic mass is 10.2. The summed E-state index contributed by atoms with van der Waals surface area (Å²) in [5.74, 6) is 1.58. The third-order valence-corrected chi connectivity index (χ3v) is 3.92. The molecule has 1 atom stereocenters.